The van der Waals surface area contributed by atoms with Crippen molar-refractivity contribution in [2.75, 3.05) is 55.7 Å². The predicted molar refractivity (Wildman–Crippen MR) is 101 cm³/mol. The summed E-state index contributed by atoms with van der Waals surface area (Å²) in [7, 11) is 2.14. The zero-order chi connectivity index (χ0) is 17.6. The summed E-state index contributed by atoms with van der Waals surface area (Å²) in [5.74, 6) is 1.91. The first kappa shape index (κ1) is 17.3. The highest BCUT2D eigenvalue weighted by atomic mass is 15.3. The quantitative estimate of drug-likeness (QED) is 0.762. The van der Waals surface area contributed by atoms with Gasteiger partial charge in [-0.15, -0.1) is 0 Å². The summed E-state index contributed by atoms with van der Waals surface area (Å²) in [6.45, 7) is 6.97. The molecule has 0 aromatic carbocycles. The van der Waals surface area contributed by atoms with Crippen molar-refractivity contribution >= 4 is 17.6 Å². The lowest BCUT2D eigenvalue weighted by Crippen LogP contribution is -2.44. The minimum absolute atomic E-state index is 0.428. The van der Waals surface area contributed by atoms with Gasteiger partial charge in [0.2, 0.25) is 5.95 Å². The molecule has 0 unspecified atom stereocenters. The SMILES string of the molecule is CCCCNc1ncc(-c2cc(N3CCN(C)CC3)ncn2)c(N)n1. The molecule has 0 radical (unpaired) electrons. The number of anilines is 3. The molecule has 3 rings (SSSR count). The Hall–Kier alpha value is -2.48. The molecule has 0 atom stereocenters. The summed E-state index contributed by atoms with van der Waals surface area (Å²) in [6.07, 6.45) is 5.50. The largest absolute Gasteiger partial charge is 0.383 e. The van der Waals surface area contributed by atoms with Crippen molar-refractivity contribution in [1.82, 2.24) is 24.8 Å². The smallest absolute Gasteiger partial charge is 0.224 e. The molecule has 134 valence electrons. The van der Waals surface area contributed by atoms with Gasteiger partial charge in [-0.3, -0.25) is 0 Å². The molecule has 3 heterocycles. The molecule has 0 bridgehead atoms. The van der Waals surface area contributed by atoms with Gasteiger partial charge < -0.3 is 20.9 Å². The molecule has 0 saturated carbocycles. The fraction of sp³-hybridized carbons (Fsp3) is 0.529. The van der Waals surface area contributed by atoms with Gasteiger partial charge in [-0.25, -0.2) is 15.0 Å². The van der Waals surface area contributed by atoms with E-state index in [0.29, 0.717) is 11.8 Å². The Labute approximate surface area is 148 Å². The fourth-order valence-electron chi connectivity index (χ4n) is 2.76. The number of unbranched alkanes of at least 4 members (excludes halogenated alkanes) is 1. The summed E-state index contributed by atoms with van der Waals surface area (Å²) in [5.41, 5.74) is 7.62. The molecule has 1 aliphatic rings. The van der Waals surface area contributed by atoms with Gasteiger partial charge >= 0.3 is 0 Å². The first-order valence-electron chi connectivity index (χ1n) is 8.79. The lowest BCUT2D eigenvalue weighted by Gasteiger charge is -2.33. The van der Waals surface area contributed by atoms with Crippen LogP contribution in [0.2, 0.25) is 0 Å². The maximum Gasteiger partial charge on any atom is 0.224 e. The first-order chi connectivity index (χ1) is 12.2. The zero-order valence-electron chi connectivity index (χ0n) is 14.9. The van der Waals surface area contributed by atoms with E-state index in [-0.39, 0.29) is 0 Å². The normalized spacial score (nSPS) is 15.4. The minimum atomic E-state index is 0.428. The molecular weight excluding hydrogens is 316 g/mol. The highest BCUT2D eigenvalue weighted by Gasteiger charge is 2.17. The fourth-order valence-corrected chi connectivity index (χ4v) is 2.76. The topological polar surface area (TPSA) is 96.1 Å². The van der Waals surface area contributed by atoms with E-state index in [1.165, 1.54) is 0 Å². The van der Waals surface area contributed by atoms with Crippen LogP contribution < -0.4 is 16.0 Å². The number of nitrogens with one attached hydrogen (secondary N) is 1. The van der Waals surface area contributed by atoms with Crippen molar-refractivity contribution in [1.29, 1.82) is 0 Å². The number of hydrogen-bond donors (Lipinski definition) is 2. The van der Waals surface area contributed by atoms with Crippen LogP contribution in [0.3, 0.4) is 0 Å². The molecule has 0 aliphatic carbocycles. The zero-order valence-corrected chi connectivity index (χ0v) is 14.9. The molecule has 2 aromatic heterocycles. The Balaban J connectivity index is 1.76. The van der Waals surface area contributed by atoms with Crippen molar-refractivity contribution in [2.24, 2.45) is 0 Å². The van der Waals surface area contributed by atoms with Gasteiger partial charge in [0, 0.05) is 45.0 Å². The first-order valence-corrected chi connectivity index (χ1v) is 8.79. The average Bonchev–Trinajstić information content (AvgIpc) is 2.63. The lowest BCUT2D eigenvalue weighted by atomic mass is 10.2. The molecule has 0 spiro atoms. The molecule has 8 heteroatoms. The average molecular weight is 342 g/mol. The summed E-state index contributed by atoms with van der Waals surface area (Å²) >= 11 is 0. The van der Waals surface area contributed by atoms with Crippen LogP contribution in [0, 0.1) is 0 Å². The number of nitrogens with zero attached hydrogens (tertiary/aromatic N) is 6. The van der Waals surface area contributed by atoms with Crippen LogP contribution in [-0.4, -0.2) is 64.6 Å². The molecule has 0 amide bonds. The predicted octanol–water partition coefficient (Wildman–Crippen LogP) is 1.48. The number of aromatic nitrogens is 4. The minimum Gasteiger partial charge on any atom is -0.383 e. The van der Waals surface area contributed by atoms with E-state index in [9.17, 15) is 0 Å². The lowest BCUT2D eigenvalue weighted by molar-refractivity contribution is 0.312. The summed E-state index contributed by atoms with van der Waals surface area (Å²) in [6, 6.07) is 1.96. The van der Waals surface area contributed by atoms with Crippen LogP contribution in [0.5, 0.6) is 0 Å². The van der Waals surface area contributed by atoms with E-state index in [0.717, 1.165) is 62.6 Å². The van der Waals surface area contributed by atoms with E-state index >= 15 is 0 Å². The van der Waals surface area contributed by atoms with E-state index in [4.69, 9.17) is 5.73 Å². The Morgan fingerprint density at radius 3 is 2.68 bits per heavy atom. The van der Waals surface area contributed by atoms with Crippen molar-refractivity contribution < 1.29 is 0 Å². The maximum absolute atomic E-state index is 6.13. The standard InChI is InChI=1S/C17H26N8/c1-3-4-5-19-17-20-11-13(16(18)23-17)14-10-15(22-12-21-14)25-8-6-24(2)7-9-25/h10-12H,3-9H2,1-2H3,(H3,18,19,20,23). The monoisotopic (exact) mass is 342 g/mol. The van der Waals surface area contributed by atoms with Gasteiger partial charge in [-0.1, -0.05) is 13.3 Å². The van der Waals surface area contributed by atoms with Gasteiger partial charge in [0.15, 0.2) is 0 Å². The Bertz CT molecular complexity index is 697. The number of rotatable bonds is 6. The van der Waals surface area contributed by atoms with Gasteiger partial charge in [0.1, 0.15) is 18.0 Å². The Morgan fingerprint density at radius 2 is 1.96 bits per heavy atom. The number of nitrogen functional groups attached to an aromatic ring is 1. The number of piperazine rings is 1. The van der Waals surface area contributed by atoms with Gasteiger partial charge in [0.05, 0.1) is 11.3 Å². The van der Waals surface area contributed by atoms with Crippen molar-refractivity contribution in [2.45, 2.75) is 19.8 Å². The third-order valence-electron chi connectivity index (χ3n) is 4.39. The molecule has 3 N–H and O–H groups in total. The maximum atomic E-state index is 6.13. The van der Waals surface area contributed by atoms with E-state index < -0.39 is 0 Å². The third kappa shape index (κ3) is 4.33. The molecule has 1 saturated heterocycles. The number of nitrogens with two attached hydrogens (primary N) is 1. The second-order valence-electron chi connectivity index (χ2n) is 6.32. The van der Waals surface area contributed by atoms with E-state index in [1.54, 1.807) is 12.5 Å². The highest BCUT2D eigenvalue weighted by Crippen LogP contribution is 2.25. The summed E-state index contributed by atoms with van der Waals surface area (Å²) in [5, 5.41) is 3.18. The highest BCUT2D eigenvalue weighted by molar-refractivity contribution is 5.72. The second-order valence-corrected chi connectivity index (χ2v) is 6.32. The van der Waals surface area contributed by atoms with Crippen LogP contribution in [0.15, 0.2) is 18.6 Å². The van der Waals surface area contributed by atoms with Crippen LogP contribution in [0.25, 0.3) is 11.3 Å². The van der Waals surface area contributed by atoms with E-state index in [1.807, 2.05) is 6.07 Å². The van der Waals surface area contributed by atoms with Crippen molar-refractivity contribution in [3.8, 4) is 11.3 Å². The Kier molecular flexibility index (Phi) is 5.60. The summed E-state index contributed by atoms with van der Waals surface area (Å²) < 4.78 is 0. The molecule has 25 heavy (non-hydrogen) atoms. The Morgan fingerprint density at radius 1 is 1.16 bits per heavy atom. The van der Waals surface area contributed by atoms with Crippen LogP contribution in [0.4, 0.5) is 17.6 Å². The van der Waals surface area contributed by atoms with Gasteiger partial charge in [0.25, 0.3) is 0 Å². The molecule has 8 nitrogen and oxygen atoms in total. The van der Waals surface area contributed by atoms with Gasteiger partial charge in [-0.2, -0.15) is 4.98 Å². The summed E-state index contributed by atoms with van der Waals surface area (Å²) in [4.78, 5) is 22.1. The second kappa shape index (κ2) is 8.06. The molecule has 2 aromatic rings. The van der Waals surface area contributed by atoms with Crippen LogP contribution in [-0.2, 0) is 0 Å². The number of likely N-dealkylation sites (N-methyl/N-ethyl adjacent to an activating group) is 1. The molecular formula is C17H26N8. The third-order valence-corrected chi connectivity index (χ3v) is 4.39. The van der Waals surface area contributed by atoms with Crippen molar-refractivity contribution in [3.05, 3.63) is 18.6 Å². The molecule has 1 fully saturated rings. The van der Waals surface area contributed by atoms with Crippen LogP contribution in [0.1, 0.15) is 19.8 Å². The van der Waals surface area contributed by atoms with Gasteiger partial charge in [-0.05, 0) is 13.5 Å². The van der Waals surface area contributed by atoms with Crippen molar-refractivity contribution in [3.63, 3.8) is 0 Å². The van der Waals surface area contributed by atoms with Crippen LogP contribution >= 0.6 is 0 Å². The number of hydrogen-bond acceptors (Lipinski definition) is 8. The van der Waals surface area contributed by atoms with E-state index in [2.05, 4.69) is 49.0 Å². The molecule has 1 aliphatic heterocycles.